The number of hydrogen-bond donors (Lipinski definition) is 0. The second-order valence-electron chi connectivity index (χ2n) is 6.79. The van der Waals surface area contributed by atoms with E-state index >= 15 is 0 Å². The molecule has 5 rings (SSSR count). The van der Waals surface area contributed by atoms with Crippen molar-refractivity contribution in [2.75, 3.05) is 27.2 Å². The Hall–Kier alpha value is -1.02. The van der Waals surface area contributed by atoms with Crippen LogP contribution in [0, 0.1) is 5.92 Å². The van der Waals surface area contributed by atoms with Crippen LogP contribution < -0.4 is 4.74 Å². The predicted molar refractivity (Wildman–Crippen MR) is 76.9 cm³/mol. The van der Waals surface area contributed by atoms with Crippen molar-refractivity contribution in [3.05, 3.63) is 29.3 Å². The molecule has 19 heavy (non-hydrogen) atoms. The summed E-state index contributed by atoms with van der Waals surface area (Å²) in [4.78, 5) is 2.52. The fraction of sp³-hybridized carbons (Fsp3) is 0.647. The molecule has 1 saturated carbocycles. The van der Waals surface area contributed by atoms with Crippen LogP contribution in [0.1, 0.15) is 42.7 Å². The maximum atomic E-state index is 5.48. The van der Waals surface area contributed by atoms with Crippen LogP contribution >= 0.6 is 0 Å². The summed E-state index contributed by atoms with van der Waals surface area (Å²) < 4.78 is 5.48. The van der Waals surface area contributed by atoms with Crippen molar-refractivity contribution in [3.8, 4) is 5.75 Å². The molecule has 1 spiro atoms. The number of fused-ring (bicyclic) bond motifs is 1. The summed E-state index contributed by atoms with van der Waals surface area (Å²) in [6.07, 6.45) is 5.54. The van der Waals surface area contributed by atoms with Crippen LogP contribution in [-0.2, 0) is 5.41 Å². The zero-order chi connectivity index (χ0) is 13.0. The Kier molecular flexibility index (Phi) is 2.47. The number of hydrogen-bond acceptors (Lipinski definition) is 2. The lowest BCUT2D eigenvalue weighted by Gasteiger charge is -2.57. The van der Waals surface area contributed by atoms with Crippen molar-refractivity contribution in [1.29, 1.82) is 0 Å². The number of methoxy groups -OCH3 is 1. The molecule has 102 valence electrons. The molecule has 1 aliphatic heterocycles. The van der Waals surface area contributed by atoms with Crippen LogP contribution in [0.3, 0.4) is 0 Å². The second kappa shape index (κ2) is 3.99. The van der Waals surface area contributed by atoms with Gasteiger partial charge in [-0.1, -0.05) is 6.07 Å². The van der Waals surface area contributed by atoms with E-state index in [0.717, 1.165) is 17.6 Å². The van der Waals surface area contributed by atoms with Crippen molar-refractivity contribution < 1.29 is 4.74 Å². The van der Waals surface area contributed by atoms with Gasteiger partial charge in [0.15, 0.2) is 0 Å². The molecule has 1 heterocycles. The highest BCUT2D eigenvalue weighted by Gasteiger charge is 2.52. The van der Waals surface area contributed by atoms with E-state index < -0.39 is 0 Å². The van der Waals surface area contributed by atoms with E-state index in [0.29, 0.717) is 5.41 Å². The van der Waals surface area contributed by atoms with Gasteiger partial charge in [0, 0.05) is 12.0 Å². The molecule has 4 aliphatic rings. The molecule has 3 atom stereocenters. The lowest BCUT2D eigenvalue weighted by Crippen LogP contribution is -2.54. The van der Waals surface area contributed by atoms with Crippen LogP contribution in [0.15, 0.2) is 18.2 Å². The average molecular weight is 257 g/mol. The van der Waals surface area contributed by atoms with E-state index in [2.05, 4.69) is 30.1 Å². The van der Waals surface area contributed by atoms with Crippen molar-refractivity contribution in [3.63, 3.8) is 0 Å². The minimum atomic E-state index is 0.463. The molecule has 2 heteroatoms. The SMILES string of the molecule is COc1ccc2c(c1)[C@@]13CC[C@@H]2C[C@H]1CN(C)CC3. The standard InChI is InChI=1S/C17H23NO/c1-18-8-7-17-6-5-12(9-13(17)11-18)15-4-3-14(19-2)10-16(15)17/h3-4,10,12-13H,5-9,11H2,1-2H3/t12-,13+,17-/m1/s1. The summed E-state index contributed by atoms with van der Waals surface area (Å²) in [6.45, 7) is 2.53. The third kappa shape index (κ3) is 1.53. The monoisotopic (exact) mass is 257 g/mol. The van der Waals surface area contributed by atoms with E-state index in [4.69, 9.17) is 4.74 Å². The van der Waals surface area contributed by atoms with Gasteiger partial charge in [0.25, 0.3) is 0 Å². The van der Waals surface area contributed by atoms with Crippen molar-refractivity contribution >= 4 is 0 Å². The minimum Gasteiger partial charge on any atom is -0.497 e. The van der Waals surface area contributed by atoms with E-state index in [9.17, 15) is 0 Å². The van der Waals surface area contributed by atoms with Gasteiger partial charge in [0.1, 0.15) is 5.75 Å². The molecule has 0 aromatic heterocycles. The van der Waals surface area contributed by atoms with E-state index in [1.54, 1.807) is 18.2 Å². The Morgan fingerprint density at radius 3 is 3.05 bits per heavy atom. The molecule has 0 amide bonds. The summed E-state index contributed by atoms with van der Waals surface area (Å²) in [5, 5.41) is 0. The summed E-state index contributed by atoms with van der Waals surface area (Å²) in [7, 11) is 4.06. The fourth-order valence-electron chi connectivity index (χ4n) is 4.98. The highest BCUT2D eigenvalue weighted by Crippen LogP contribution is 2.59. The second-order valence-corrected chi connectivity index (χ2v) is 6.79. The summed E-state index contributed by atoms with van der Waals surface area (Å²) in [5.74, 6) is 2.71. The zero-order valence-electron chi connectivity index (χ0n) is 12.0. The molecule has 0 unspecified atom stereocenters. The quantitative estimate of drug-likeness (QED) is 0.766. The maximum Gasteiger partial charge on any atom is 0.119 e. The van der Waals surface area contributed by atoms with Crippen LogP contribution in [0.25, 0.3) is 0 Å². The van der Waals surface area contributed by atoms with Gasteiger partial charge < -0.3 is 9.64 Å². The smallest absolute Gasteiger partial charge is 0.119 e. The molecule has 2 bridgehead atoms. The third-order valence-electron chi connectivity index (χ3n) is 6.00. The molecule has 1 aromatic rings. The molecular formula is C17H23NO. The van der Waals surface area contributed by atoms with Gasteiger partial charge in [-0.3, -0.25) is 0 Å². The number of benzene rings is 1. The molecule has 1 aromatic carbocycles. The van der Waals surface area contributed by atoms with Crippen LogP contribution in [0.2, 0.25) is 0 Å². The van der Waals surface area contributed by atoms with Crippen molar-refractivity contribution in [1.82, 2.24) is 4.90 Å². The van der Waals surface area contributed by atoms with Gasteiger partial charge in [-0.05, 0) is 74.4 Å². The van der Waals surface area contributed by atoms with Gasteiger partial charge in [0.2, 0.25) is 0 Å². The molecule has 0 N–H and O–H groups in total. The van der Waals surface area contributed by atoms with Gasteiger partial charge in [-0.25, -0.2) is 0 Å². The van der Waals surface area contributed by atoms with Gasteiger partial charge in [0.05, 0.1) is 7.11 Å². The average Bonchev–Trinajstić information content (AvgIpc) is 2.46. The number of rotatable bonds is 1. The fourth-order valence-corrected chi connectivity index (χ4v) is 4.98. The van der Waals surface area contributed by atoms with Crippen LogP contribution in [-0.4, -0.2) is 32.1 Å². The Bertz CT molecular complexity index is 512. The summed E-state index contributed by atoms with van der Waals surface area (Å²) in [5.41, 5.74) is 3.73. The Morgan fingerprint density at radius 2 is 2.21 bits per heavy atom. The molecule has 2 nitrogen and oxygen atoms in total. The first-order valence-electron chi connectivity index (χ1n) is 7.60. The number of ether oxygens (including phenoxy) is 1. The lowest BCUT2D eigenvalue weighted by atomic mass is 9.50. The molecular weight excluding hydrogens is 234 g/mol. The Morgan fingerprint density at radius 1 is 1.32 bits per heavy atom. The summed E-state index contributed by atoms with van der Waals surface area (Å²) in [6, 6.07) is 6.84. The molecule has 2 fully saturated rings. The van der Waals surface area contributed by atoms with Crippen molar-refractivity contribution in [2.45, 2.75) is 37.0 Å². The molecule has 0 radical (unpaired) electrons. The minimum absolute atomic E-state index is 0.463. The van der Waals surface area contributed by atoms with Crippen LogP contribution in [0.4, 0.5) is 0 Å². The number of likely N-dealkylation sites (tertiary alicyclic amines) is 1. The first-order valence-corrected chi connectivity index (χ1v) is 7.60. The predicted octanol–water partition coefficient (Wildman–Crippen LogP) is 3.17. The first kappa shape index (κ1) is 11.8. The van der Waals surface area contributed by atoms with Gasteiger partial charge in [-0.15, -0.1) is 0 Å². The number of nitrogens with zero attached hydrogens (tertiary/aromatic N) is 1. The summed E-state index contributed by atoms with van der Waals surface area (Å²) >= 11 is 0. The van der Waals surface area contributed by atoms with Crippen molar-refractivity contribution in [2.24, 2.45) is 5.92 Å². The maximum absolute atomic E-state index is 5.48. The third-order valence-corrected chi connectivity index (χ3v) is 6.00. The highest BCUT2D eigenvalue weighted by atomic mass is 16.5. The Balaban J connectivity index is 1.85. The van der Waals surface area contributed by atoms with E-state index in [-0.39, 0.29) is 0 Å². The van der Waals surface area contributed by atoms with Crippen LogP contribution in [0.5, 0.6) is 5.75 Å². The topological polar surface area (TPSA) is 12.5 Å². The van der Waals surface area contributed by atoms with Gasteiger partial charge >= 0.3 is 0 Å². The van der Waals surface area contributed by atoms with E-state index in [1.165, 1.54) is 38.8 Å². The zero-order valence-corrected chi connectivity index (χ0v) is 12.0. The molecule has 1 saturated heterocycles. The number of piperidine rings is 1. The molecule has 3 aliphatic carbocycles. The first-order chi connectivity index (χ1) is 9.23. The largest absolute Gasteiger partial charge is 0.497 e. The normalized spacial score (nSPS) is 36.7. The van der Waals surface area contributed by atoms with E-state index in [1.807, 2.05) is 0 Å². The highest BCUT2D eigenvalue weighted by molar-refractivity contribution is 5.47. The Labute approximate surface area is 115 Å². The lowest BCUT2D eigenvalue weighted by molar-refractivity contribution is 0.0468. The van der Waals surface area contributed by atoms with Gasteiger partial charge in [-0.2, -0.15) is 0 Å².